The Balaban J connectivity index is 1.72. The summed E-state index contributed by atoms with van der Waals surface area (Å²) < 4.78 is 13.6. The van der Waals surface area contributed by atoms with Gasteiger partial charge in [0.2, 0.25) is 5.88 Å². The van der Waals surface area contributed by atoms with E-state index in [1.807, 2.05) is 29.8 Å². The molecule has 0 saturated carbocycles. The van der Waals surface area contributed by atoms with E-state index in [1.54, 1.807) is 6.20 Å². The first-order valence-electron chi connectivity index (χ1n) is 9.39. The van der Waals surface area contributed by atoms with Gasteiger partial charge in [-0.3, -0.25) is 4.68 Å². The predicted molar refractivity (Wildman–Crippen MR) is 105 cm³/mol. The Morgan fingerprint density at radius 2 is 2.19 bits per heavy atom. The molecule has 3 aromatic rings. The molecule has 2 N–H and O–H groups in total. The summed E-state index contributed by atoms with van der Waals surface area (Å²) in [5, 5.41) is 4.43. The fraction of sp³-hybridized carbons (Fsp3) is 0.450. The van der Waals surface area contributed by atoms with E-state index >= 15 is 0 Å². The SMILES string of the molecule is Cc1ccc(-c2cc(N)c3c(cnn3C(C)C)n2)c(OCC2CCCO2)n1. The summed E-state index contributed by atoms with van der Waals surface area (Å²) in [6.07, 6.45) is 3.98. The number of pyridine rings is 2. The number of nitrogen functional groups attached to an aromatic ring is 1. The standard InChI is InChI=1S/C20H25N5O2/c1-12(2)25-19-16(21)9-17(24-18(19)10-22-25)15-7-6-13(3)23-20(15)27-11-14-5-4-8-26-14/h6-7,9-10,12,14H,4-5,8,11H2,1-3H3,(H2,21,24). The van der Waals surface area contributed by atoms with Crippen LogP contribution in [0.2, 0.25) is 0 Å². The molecule has 1 unspecified atom stereocenters. The minimum Gasteiger partial charge on any atom is -0.474 e. The summed E-state index contributed by atoms with van der Waals surface area (Å²) >= 11 is 0. The van der Waals surface area contributed by atoms with Crippen molar-refractivity contribution in [3.05, 3.63) is 30.1 Å². The van der Waals surface area contributed by atoms with E-state index in [0.29, 0.717) is 18.2 Å². The predicted octanol–water partition coefficient (Wildman–Crippen LogP) is 3.52. The lowest BCUT2D eigenvalue weighted by atomic mass is 10.1. The Bertz CT molecular complexity index is 960. The number of anilines is 1. The van der Waals surface area contributed by atoms with Gasteiger partial charge in [0.25, 0.3) is 0 Å². The number of nitrogens with zero attached hydrogens (tertiary/aromatic N) is 4. The summed E-state index contributed by atoms with van der Waals surface area (Å²) in [5.74, 6) is 0.563. The molecule has 0 aromatic carbocycles. The van der Waals surface area contributed by atoms with Crippen LogP contribution in [0.3, 0.4) is 0 Å². The zero-order valence-corrected chi connectivity index (χ0v) is 16.0. The van der Waals surface area contributed by atoms with Gasteiger partial charge in [-0.05, 0) is 51.8 Å². The van der Waals surface area contributed by atoms with Gasteiger partial charge in [0.05, 0.1) is 29.2 Å². The fourth-order valence-corrected chi connectivity index (χ4v) is 3.41. The highest BCUT2D eigenvalue weighted by atomic mass is 16.5. The molecule has 0 aliphatic carbocycles. The molecular weight excluding hydrogens is 342 g/mol. The van der Waals surface area contributed by atoms with Gasteiger partial charge >= 0.3 is 0 Å². The van der Waals surface area contributed by atoms with E-state index in [1.165, 1.54) is 0 Å². The summed E-state index contributed by atoms with van der Waals surface area (Å²) in [6.45, 7) is 7.38. The molecule has 0 radical (unpaired) electrons. The lowest BCUT2D eigenvalue weighted by Gasteiger charge is -2.15. The molecule has 7 heteroatoms. The van der Waals surface area contributed by atoms with Crippen LogP contribution in [0.15, 0.2) is 24.4 Å². The number of ether oxygens (including phenoxy) is 2. The third-order valence-electron chi connectivity index (χ3n) is 4.78. The molecule has 1 aliphatic heterocycles. The van der Waals surface area contributed by atoms with Gasteiger partial charge in [0, 0.05) is 18.3 Å². The highest BCUT2D eigenvalue weighted by Gasteiger charge is 2.19. The van der Waals surface area contributed by atoms with Crippen molar-refractivity contribution in [1.29, 1.82) is 0 Å². The number of aryl methyl sites for hydroxylation is 1. The highest BCUT2D eigenvalue weighted by Crippen LogP contribution is 2.32. The Labute approximate surface area is 158 Å². The van der Waals surface area contributed by atoms with E-state index in [2.05, 4.69) is 23.9 Å². The van der Waals surface area contributed by atoms with Crippen LogP contribution in [0.1, 0.15) is 38.4 Å². The molecule has 0 bridgehead atoms. The van der Waals surface area contributed by atoms with E-state index in [-0.39, 0.29) is 12.1 Å². The number of aromatic nitrogens is 4. The Hall–Kier alpha value is -2.67. The van der Waals surface area contributed by atoms with Crippen LogP contribution in [0.5, 0.6) is 5.88 Å². The first-order chi connectivity index (χ1) is 13.0. The normalized spacial score (nSPS) is 17.1. The lowest BCUT2D eigenvalue weighted by molar-refractivity contribution is 0.0665. The maximum atomic E-state index is 6.35. The molecule has 1 atom stereocenters. The van der Waals surface area contributed by atoms with Crippen LogP contribution in [0.4, 0.5) is 5.69 Å². The molecule has 7 nitrogen and oxygen atoms in total. The van der Waals surface area contributed by atoms with Gasteiger partial charge in [0.15, 0.2) is 0 Å². The van der Waals surface area contributed by atoms with Crippen molar-refractivity contribution in [1.82, 2.24) is 19.7 Å². The second-order valence-corrected chi connectivity index (χ2v) is 7.26. The number of fused-ring (bicyclic) bond motifs is 1. The van der Waals surface area contributed by atoms with Gasteiger partial charge in [0.1, 0.15) is 17.6 Å². The monoisotopic (exact) mass is 367 g/mol. The molecule has 0 spiro atoms. The van der Waals surface area contributed by atoms with Crippen molar-refractivity contribution in [2.24, 2.45) is 0 Å². The third kappa shape index (κ3) is 3.47. The number of nitrogens with two attached hydrogens (primary N) is 1. The molecular formula is C20H25N5O2. The molecule has 142 valence electrons. The quantitative estimate of drug-likeness (QED) is 0.742. The van der Waals surface area contributed by atoms with Gasteiger partial charge in [-0.1, -0.05) is 0 Å². The van der Waals surface area contributed by atoms with E-state index in [0.717, 1.165) is 47.4 Å². The van der Waals surface area contributed by atoms with E-state index in [4.69, 9.17) is 20.2 Å². The number of hydrogen-bond donors (Lipinski definition) is 1. The molecule has 4 rings (SSSR count). The van der Waals surface area contributed by atoms with E-state index in [9.17, 15) is 0 Å². The largest absolute Gasteiger partial charge is 0.474 e. The van der Waals surface area contributed by atoms with Gasteiger partial charge in [-0.25, -0.2) is 9.97 Å². The van der Waals surface area contributed by atoms with Crippen molar-refractivity contribution in [3.8, 4) is 17.1 Å². The molecule has 3 aromatic heterocycles. The van der Waals surface area contributed by atoms with Crippen LogP contribution in [-0.4, -0.2) is 39.1 Å². The topological polar surface area (TPSA) is 88.1 Å². The van der Waals surface area contributed by atoms with Crippen LogP contribution in [0, 0.1) is 6.92 Å². The Morgan fingerprint density at radius 3 is 2.93 bits per heavy atom. The molecule has 0 amide bonds. The smallest absolute Gasteiger partial charge is 0.223 e. The Morgan fingerprint density at radius 1 is 1.33 bits per heavy atom. The molecule has 1 fully saturated rings. The maximum Gasteiger partial charge on any atom is 0.223 e. The second kappa shape index (κ2) is 7.15. The second-order valence-electron chi connectivity index (χ2n) is 7.26. The Kier molecular flexibility index (Phi) is 4.70. The average molecular weight is 367 g/mol. The van der Waals surface area contributed by atoms with Crippen molar-refractivity contribution >= 4 is 16.7 Å². The molecule has 4 heterocycles. The molecule has 27 heavy (non-hydrogen) atoms. The average Bonchev–Trinajstić information content (AvgIpc) is 3.29. The first-order valence-corrected chi connectivity index (χ1v) is 9.39. The minimum absolute atomic E-state index is 0.130. The number of rotatable bonds is 5. The van der Waals surface area contributed by atoms with Crippen LogP contribution < -0.4 is 10.5 Å². The molecule has 1 aliphatic rings. The van der Waals surface area contributed by atoms with Crippen molar-refractivity contribution in [2.45, 2.75) is 45.8 Å². The van der Waals surface area contributed by atoms with Crippen molar-refractivity contribution < 1.29 is 9.47 Å². The molecule has 1 saturated heterocycles. The summed E-state index contributed by atoms with van der Waals surface area (Å²) in [4.78, 5) is 9.34. The third-order valence-corrected chi connectivity index (χ3v) is 4.78. The zero-order valence-electron chi connectivity index (χ0n) is 16.0. The van der Waals surface area contributed by atoms with Crippen molar-refractivity contribution in [3.63, 3.8) is 0 Å². The summed E-state index contributed by atoms with van der Waals surface area (Å²) in [7, 11) is 0. The summed E-state index contributed by atoms with van der Waals surface area (Å²) in [5.41, 5.74) is 11.1. The lowest BCUT2D eigenvalue weighted by Crippen LogP contribution is -2.17. The zero-order chi connectivity index (χ0) is 19.0. The van der Waals surface area contributed by atoms with Crippen molar-refractivity contribution in [2.75, 3.05) is 18.9 Å². The van der Waals surface area contributed by atoms with Crippen LogP contribution >= 0.6 is 0 Å². The first kappa shape index (κ1) is 17.7. The van der Waals surface area contributed by atoms with Gasteiger partial charge in [-0.15, -0.1) is 0 Å². The summed E-state index contributed by atoms with van der Waals surface area (Å²) in [6, 6.07) is 6.01. The maximum absolute atomic E-state index is 6.35. The van der Waals surface area contributed by atoms with Gasteiger partial charge < -0.3 is 15.2 Å². The minimum atomic E-state index is 0.130. The fourth-order valence-electron chi connectivity index (χ4n) is 3.41. The van der Waals surface area contributed by atoms with Crippen LogP contribution in [0.25, 0.3) is 22.3 Å². The number of hydrogen-bond acceptors (Lipinski definition) is 6. The van der Waals surface area contributed by atoms with Gasteiger partial charge in [-0.2, -0.15) is 5.10 Å². The highest BCUT2D eigenvalue weighted by molar-refractivity contribution is 5.90. The van der Waals surface area contributed by atoms with Crippen LogP contribution in [-0.2, 0) is 4.74 Å². The van der Waals surface area contributed by atoms with E-state index < -0.39 is 0 Å².